The Balaban J connectivity index is 1.98. The van der Waals surface area contributed by atoms with E-state index in [2.05, 4.69) is 0 Å². The third kappa shape index (κ3) is 3.78. The molecule has 122 valence electrons. The Morgan fingerprint density at radius 1 is 1.36 bits per heavy atom. The number of methoxy groups -OCH3 is 1. The molecule has 1 fully saturated rings. The highest BCUT2D eigenvalue weighted by molar-refractivity contribution is 5.80. The number of likely N-dealkylation sites (tertiary alicyclic amines) is 1. The van der Waals surface area contributed by atoms with Crippen molar-refractivity contribution in [1.82, 2.24) is 4.90 Å². The second-order valence-electron chi connectivity index (χ2n) is 5.62. The fourth-order valence-corrected chi connectivity index (χ4v) is 2.62. The molecule has 1 aromatic carbocycles. The van der Waals surface area contributed by atoms with Crippen molar-refractivity contribution in [2.75, 3.05) is 20.2 Å². The number of ether oxygens (including phenoxy) is 1. The summed E-state index contributed by atoms with van der Waals surface area (Å²) < 4.78 is 42.8. The summed E-state index contributed by atoms with van der Waals surface area (Å²) in [5, 5.41) is 0. The standard InChI is InChI=1S/C15H19F3N2O2/c1-22-13(21)14(19)5-7-20(8-6-14)10-11-3-2-4-12(9-11)15(16,17)18/h2-4,9H,5-8,10,19H2,1H3. The summed E-state index contributed by atoms with van der Waals surface area (Å²) in [6, 6.07) is 5.29. The van der Waals surface area contributed by atoms with Gasteiger partial charge in [0.1, 0.15) is 5.54 Å². The maximum atomic E-state index is 12.7. The number of nitrogens with two attached hydrogens (primary N) is 1. The van der Waals surface area contributed by atoms with E-state index in [0.717, 1.165) is 12.1 Å². The number of esters is 1. The molecule has 1 heterocycles. The number of piperidine rings is 1. The van der Waals surface area contributed by atoms with Gasteiger partial charge in [-0.3, -0.25) is 9.69 Å². The minimum atomic E-state index is -4.34. The van der Waals surface area contributed by atoms with Crippen LogP contribution in [-0.4, -0.2) is 36.6 Å². The first kappa shape index (κ1) is 16.8. The highest BCUT2D eigenvalue weighted by Gasteiger charge is 2.38. The fraction of sp³-hybridized carbons (Fsp3) is 0.533. The first-order valence-corrected chi connectivity index (χ1v) is 7.00. The molecule has 0 radical (unpaired) electrons. The number of hydrogen-bond donors (Lipinski definition) is 1. The summed E-state index contributed by atoms with van der Waals surface area (Å²) in [6.45, 7) is 1.49. The van der Waals surface area contributed by atoms with Crippen LogP contribution >= 0.6 is 0 Å². The second-order valence-corrected chi connectivity index (χ2v) is 5.62. The van der Waals surface area contributed by atoms with E-state index in [0.29, 0.717) is 38.0 Å². The molecule has 0 aliphatic carbocycles. The molecular weight excluding hydrogens is 297 g/mol. The van der Waals surface area contributed by atoms with Crippen LogP contribution in [0, 0.1) is 0 Å². The van der Waals surface area contributed by atoms with E-state index in [1.165, 1.54) is 13.2 Å². The average Bonchev–Trinajstić information content (AvgIpc) is 2.48. The van der Waals surface area contributed by atoms with Crippen molar-refractivity contribution in [2.45, 2.75) is 31.1 Å². The van der Waals surface area contributed by atoms with E-state index in [9.17, 15) is 18.0 Å². The predicted octanol–water partition coefficient (Wildman–Crippen LogP) is 2.17. The average molecular weight is 316 g/mol. The van der Waals surface area contributed by atoms with Crippen molar-refractivity contribution < 1.29 is 22.7 Å². The third-order valence-corrected chi connectivity index (χ3v) is 4.00. The molecule has 0 unspecified atom stereocenters. The van der Waals surface area contributed by atoms with E-state index >= 15 is 0 Å². The fourth-order valence-electron chi connectivity index (χ4n) is 2.62. The second kappa shape index (κ2) is 6.26. The van der Waals surface area contributed by atoms with Crippen molar-refractivity contribution in [3.63, 3.8) is 0 Å². The van der Waals surface area contributed by atoms with Crippen molar-refractivity contribution in [2.24, 2.45) is 5.73 Å². The van der Waals surface area contributed by atoms with Gasteiger partial charge in [0.05, 0.1) is 12.7 Å². The Morgan fingerprint density at radius 3 is 2.55 bits per heavy atom. The minimum Gasteiger partial charge on any atom is -0.468 e. The van der Waals surface area contributed by atoms with Crippen LogP contribution < -0.4 is 5.73 Å². The molecule has 0 saturated carbocycles. The number of benzene rings is 1. The zero-order valence-electron chi connectivity index (χ0n) is 12.3. The maximum absolute atomic E-state index is 12.7. The molecule has 0 bridgehead atoms. The molecule has 1 saturated heterocycles. The van der Waals surface area contributed by atoms with Gasteiger partial charge in [0.15, 0.2) is 0 Å². The van der Waals surface area contributed by atoms with E-state index in [4.69, 9.17) is 10.5 Å². The highest BCUT2D eigenvalue weighted by atomic mass is 19.4. The molecule has 0 spiro atoms. The topological polar surface area (TPSA) is 55.6 Å². The molecule has 1 aromatic rings. The lowest BCUT2D eigenvalue weighted by Gasteiger charge is -2.37. The van der Waals surface area contributed by atoms with Crippen molar-refractivity contribution >= 4 is 5.97 Å². The van der Waals surface area contributed by atoms with Crippen LogP contribution in [0.3, 0.4) is 0 Å². The Labute approximate surface area is 127 Å². The van der Waals surface area contributed by atoms with E-state index in [-0.39, 0.29) is 0 Å². The largest absolute Gasteiger partial charge is 0.468 e. The highest BCUT2D eigenvalue weighted by Crippen LogP contribution is 2.30. The quantitative estimate of drug-likeness (QED) is 0.869. The molecule has 0 atom stereocenters. The summed E-state index contributed by atoms with van der Waals surface area (Å²) in [7, 11) is 1.30. The Bertz CT molecular complexity index is 538. The number of carbonyl (C=O) groups excluding carboxylic acids is 1. The van der Waals surface area contributed by atoms with Gasteiger partial charge in [-0.25, -0.2) is 0 Å². The Hall–Kier alpha value is -1.60. The maximum Gasteiger partial charge on any atom is 0.416 e. The zero-order valence-corrected chi connectivity index (χ0v) is 12.3. The van der Waals surface area contributed by atoms with Crippen molar-refractivity contribution in [1.29, 1.82) is 0 Å². The van der Waals surface area contributed by atoms with Gasteiger partial charge in [0.2, 0.25) is 0 Å². The monoisotopic (exact) mass is 316 g/mol. The van der Waals surface area contributed by atoms with Gasteiger partial charge in [-0.15, -0.1) is 0 Å². The first-order valence-electron chi connectivity index (χ1n) is 7.00. The van der Waals surface area contributed by atoms with Gasteiger partial charge in [0.25, 0.3) is 0 Å². The molecule has 1 aliphatic heterocycles. The summed E-state index contributed by atoms with van der Waals surface area (Å²) in [4.78, 5) is 13.6. The lowest BCUT2D eigenvalue weighted by atomic mass is 9.88. The first-order chi connectivity index (χ1) is 10.2. The van der Waals surface area contributed by atoms with Crippen LogP contribution in [0.5, 0.6) is 0 Å². The van der Waals surface area contributed by atoms with Gasteiger partial charge in [-0.05, 0) is 24.5 Å². The number of hydrogen-bond acceptors (Lipinski definition) is 4. The number of rotatable bonds is 3. The number of halogens is 3. The van der Waals surface area contributed by atoms with E-state index < -0.39 is 23.2 Å². The van der Waals surface area contributed by atoms with Gasteiger partial charge in [-0.1, -0.05) is 18.2 Å². The predicted molar refractivity (Wildman–Crippen MR) is 74.9 cm³/mol. The van der Waals surface area contributed by atoms with Gasteiger partial charge >= 0.3 is 12.1 Å². The molecule has 0 amide bonds. The SMILES string of the molecule is COC(=O)C1(N)CCN(Cc2cccc(C(F)(F)F)c2)CC1. The lowest BCUT2D eigenvalue weighted by molar-refractivity contribution is -0.149. The molecule has 2 N–H and O–H groups in total. The summed E-state index contributed by atoms with van der Waals surface area (Å²) in [5.74, 6) is -0.439. The van der Waals surface area contributed by atoms with E-state index in [1.54, 1.807) is 6.07 Å². The Morgan fingerprint density at radius 2 is 2.00 bits per heavy atom. The summed E-state index contributed by atoms with van der Waals surface area (Å²) in [5.41, 5.74) is 4.96. The summed E-state index contributed by atoms with van der Waals surface area (Å²) in [6.07, 6.45) is -3.48. The van der Waals surface area contributed by atoms with E-state index in [1.807, 2.05) is 4.90 Å². The van der Waals surface area contributed by atoms with Gasteiger partial charge < -0.3 is 10.5 Å². The third-order valence-electron chi connectivity index (χ3n) is 4.00. The molecule has 1 aliphatic rings. The van der Waals surface area contributed by atoms with Crippen molar-refractivity contribution in [3.05, 3.63) is 35.4 Å². The van der Waals surface area contributed by atoms with Crippen LogP contribution in [0.1, 0.15) is 24.0 Å². The number of nitrogens with zero attached hydrogens (tertiary/aromatic N) is 1. The lowest BCUT2D eigenvalue weighted by Crippen LogP contribution is -2.55. The van der Waals surface area contributed by atoms with Gasteiger partial charge in [-0.2, -0.15) is 13.2 Å². The molecule has 7 heteroatoms. The normalized spacial score (nSPS) is 19.0. The van der Waals surface area contributed by atoms with Crippen LogP contribution in [0.25, 0.3) is 0 Å². The van der Waals surface area contributed by atoms with Crippen molar-refractivity contribution in [3.8, 4) is 0 Å². The molecule has 2 rings (SSSR count). The van der Waals surface area contributed by atoms with Crippen LogP contribution in [0.15, 0.2) is 24.3 Å². The van der Waals surface area contributed by atoms with Crippen LogP contribution in [0.4, 0.5) is 13.2 Å². The molecular formula is C15H19F3N2O2. The molecule has 0 aromatic heterocycles. The summed E-state index contributed by atoms with van der Waals surface area (Å²) >= 11 is 0. The molecule has 22 heavy (non-hydrogen) atoms. The molecule has 4 nitrogen and oxygen atoms in total. The zero-order chi connectivity index (χ0) is 16.4. The minimum absolute atomic E-state index is 0.404. The van der Waals surface area contributed by atoms with Gasteiger partial charge in [0, 0.05) is 19.6 Å². The smallest absolute Gasteiger partial charge is 0.416 e. The van der Waals surface area contributed by atoms with Crippen LogP contribution in [-0.2, 0) is 22.3 Å². The van der Waals surface area contributed by atoms with Crippen LogP contribution in [0.2, 0.25) is 0 Å². The number of carbonyl (C=O) groups is 1. The Kier molecular flexibility index (Phi) is 4.77. The number of alkyl halides is 3.